The number of hydrogen-bond donors (Lipinski definition) is 2. The van der Waals surface area contributed by atoms with Gasteiger partial charge in [-0.1, -0.05) is 11.6 Å². The summed E-state index contributed by atoms with van der Waals surface area (Å²) in [5.41, 5.74) is -0.999. The summed E-state index contributed by atoms with van der Waals surface area (Å²) in [6.45, 7) is 0.919. The average molecular weight is 318 g/mol. The molecule has 0 bridgehead atoms. The summed E-state index contributed by atoms with van der Waals surface area (Å²) in [5.74, 6) is -0.184. The fraction of sp³-hybridized carbons (Fsp3) is 0.643. The minimum absolute atomic E-state index is 0.184. The molecule has 4 nitrogen and oxygen atoms in total. The van der Waals surface area contributed by atoms with E-state index in [1.807, 2.05) is 12.1 Å². The van der Waals surface area contributed by atoms with Gasteiger partial charge < -0.3 is 15.2 Å². The third-order valence-electron chi connectivity index (χ3n) is 3.54. The van der Waals surface area contributed by atoms with Gasteiger partial charge in [0.25, 0.3) is 5.91 Å². The van der Waals surface area contributed by atoms with E-state index in [4.69, 9.17) is 16.3 Å². The lowest BCUT2D eigenvalue weighted by molar-refractivity contribution is -0.145. The van der Waals surface area contributed by atoms with E-state index in [2.05, 4.69) is 5.32 Å². The maximum Gasteiger partial charge on any atom is 0.254 e. The number of amides is 1. The average Bonchev–Trinajstić information content (AvgIpc) is 3.08. The smallest absolute Gasteiger partial charge is 0.254 e. The van der Waals surface area contributed by atoms with Gasteiger partial charge in [-0.05, 0) is 44.2 Å². The van der Waals surface area contributed by atoms with Crippen molar-refractivity contribution in [2.75, 3.05) is 19.8 Å². The highest BCUT2D eigenvalue weighted by molar-refractivity contribution is 7.16. The van der Waals surface area contributed by atoms with Gasteiger partial charge >= 0.3 is 0 Å². The molecule has 1 amide bonds. The zero-order chi connectivity index (χ0) is 14.4. The van der Waals surface area contributed by atoms with Gasteiger partial charge in [0.15, 0.2) is 5.60 Å². The lowest BCUT2D eigenvalue weighted by Crippen LogP contribution is -2.49. The van der Waals surface area contributed by atoms with Crippen LogP contribution in [0.2, 0.25) is 4.34 Å². The predicted molar refractivity (Wildman–Crippen MR) is 80.3 cm³/mol. The number of rotatable bonds is 7. The number of unbranched alkanes of at least 4 members (excludes halogenated alkanes) is 1. The number of halogens is 1. The molecule has 1 atom stereocenters. The van der Waals surface area contributed by atoms with Gasteiger partial charge in [-0.25, -0.2) is 0 Å². The highest BCUT2D eigenvalue weighted by Gasteiger charge is 2.41. The molecule has 1 aromatic heterocycles. The number of aliphatic hydroxyl groups is 1. The first-order chi connectivity index (χ1) is 9.66. The van der Waals surface area contributed by atoms with E-state index >= 15 is 0 Å². The molecule has 112 valence electrons. The fourth-order valence-corrected chi connectivity index (χ4v) is 3.48. The largest absolute Gasteiger partial charge is 0.393 e. The second kappa shape index (κ2) is 7.41. The van der Waals surface area contributed by atoms with E-state index < -0.39 is 5.60 Å². The molecule has 1 aromatic rings. The Labute approximate surface area is 128 Å². The number of nitrogens with one attached hydrogen (secondary N) is 1. The number of thiophene rings is 1. The number of carbonyl (C=O) groups is 1. The van der Waals surface area contributed by atoms with Crippen LogP contribution in [0.4, 0.5) is 0 Å². The summed E-state index contributed by atoms with van der Waals surface area (Å²) in [6.07, 6.45) is 4.32. The Hall–Kier alpha value is -0.620. The van der Waals surface area contributed by atoms with Gasteiger partial charge in [-0.2, -0.15) is 0 Å². The maximum absolute atomic E-state index is 12.0. The molecule has 1 saturated heterocycles. The van der Waals surface area contributed by atoms with Gasteiger partial charge in [0.1, 0.15) is 0 Å². The second-order valence-corrected chi connectivity index (χ2v) is 6.82. The quantitative estimate of drug-likeness (QED) is 0.759. The van der Waals surface area contributed by atoms with E-state index in [-0.39, 0.29) is 12.5 Å². The molecule has 20 heavy (non-hydrogen) atoms. The zero-order valence-corrected chi connectivity index (χ0v) is 12.9. The fourth-order valence-electron chi connectivity index (χ4n) is 2.35. The van der Waals surface area contributed by atoms with Gasteiger partial charge in [0, 0.05) is 18.0 Å². The van der Waals surface area contributed by atoms with Gasteiger partial charge in [0.2, 0.25) is 0 Å². The van der Waals surface area contributed by atoms with Crippen LogP contribution < -0.4 is 5.32 Å². The molecule has 6 heteroatoms. The van der Waals surface area contributed by atoms with Crippen LogP contribution in [-0.2, 0) is 16.0 Å². The Morgan fingerprint density at radius 3 is 2.95 bits per heavy atom. The molecule has 2 rings (SSSR count). The Morgan fingerprint density at radius 2 is 2.35 bits per heavy atom. The number of hydrogen-bond acceptors (Lipinski definition) is 4. The lowest BCUT2D eigenvalue weighted by atomic mass is 10.0. The molecule has 0 aliphatic carbocycles. The monoisotopic (exact) mass is 317 g/mol. The van der Waals surface area contributed by atoms with E-state index in [9.17, 15) is 9.90 Å². The molecule has 1 fully saturated rings. The van der Waals surface area contributed by atoms with Crippen molar-refractivity contribution in [1.82, 2.24) is 5.32 Å². The maximum atomic E-state index is 12.0. The Morgan fingerprint density at radius 1 is 1.50 bits per heavy atom. The number of aliphatic hydroxyl groups excluding tert-OH is 1. The summed E-state index contributed by atoms with van der Waals surface area (Å²) in [5, 5.41) is 12.2. The van der Waals surface area contributed by atoms with Crippen LogP contribution in [0.3, 0.4) is 0 Å². The molecule has 0 radical (unpaired) electrons. The van der Waals surface area contributed by atoms with E-state index in [1.165, 1.54) is 4.88 Å². The van der Waals surface area contributed by atoms with Crippen molar-refractivity contribution in [3.63, 3.8) is 0 Å². The van der Waals surface area contributed by atoms with Crippen LogP contribution in [0.5, 0.6) is 0 Å². The topological polar surface area (TPSA) is 58.6 Å². The highest BCUT2D eigenvalue weighted by Crippen LogP contribution is 2.25. The van der Waals surface area contributed by atoms with Crippen molar-refractivity contribution in [2.45, 2.75) is 37.7 Å². The Kier molecular flexibility index (Phi) is 5.84. The Bertz CT molecular complexity index is 443. The third-order valence-corrected chi connectivity index (χ3v) is 4.83. The first kappa shape index (κ1) is 15.8. The van der Waals surface area contributed by atoms with Crippen molar-refractivity contribution in [1.29, 1.82) is 0 Å². The number of aryl methyl sites for hydroxylation is 1. The molecule has 0 saturated carbocycles. The van der Waals surface area contributed by atoms with E-state index in [1.54, 1.807) is 11.3 Å². The first-order valence-electron chi connectivity index (χ1n) is 6.94. The minimum atomic E-state index is -0.999. The summed E-state index contributed by atoms with van der Waals surface area (Å²) in [7, 11) is 0. The Balaban J connectivity index is 1.64. The number of ether oxygens (including phenoxy) is 1. The zero-order valence-electron chi connectivity index (χ0n) is 11.4. The second-order valence-electron chi connectivity index (χ2n) is 5.02. The van der Waals surface area contributed by atoms with Crippen LogP contribution in [0.15, 0.2) is 12.1 Å². The normalized spacial score (nSPS) is 22.1. The standard InChI is InChI=1S/C14H20ClNO3S/c15-12-6-5-11(20-12)4-1-2-8-16-13(18)14(10-17)7-3-9-19-14/h5-6,17H,1-4,7-10H2,(H,16,18). The molecular weight excluding hydrogens is 298 g/mol. The van der Waals surface area contributed by atoms with E-state index in [0.717, 1.165) is 30.0 Å². The van der Waals surface area contributed by atoms with Crippen molar-refractivity contribution < 1.29 is 14.6 Å². The van der Waals surface area contributed by atoms with Crippen molar-refractivity contribution in [2.24, 2.45) is 0 Å². The molecule has 0 aromatic carbocycles. The van der Waals surface area contributed by atoms with Gasteiger partial charge in [-0.3, -0.25) is 4.79 Å². The molecule has 1 aliphatic heterocycles. The molecular formula is C14H20ClNO3S. The van der Waals surface area contributed by atoms with Crippen LogP contribution >= 0.6 is 22.9 Å². The first-order valence-corrected chi connectivity index (χ1v) is 8.13. The molecule has 2 heterocycles. The third kappa shape index (κ3) is 3.95. The summed E-state index contributed by atoms with van der Waals surface area (Å²) in [6, 6.07) is 3.95. The van der Waals surface area contributed by atoms with Crippen molar-refractivity contribution >= 4 is 28.8 Å². The van der Waals surface area contributed by atoms with Crippen LogP contribution in [-0.4, -0.2) is 36.4 Å². The summed E-state index contributed by atoms with van der Waals surface area (Å²) in [4.78, 5) is 13.3. The van der Waals surface area contributed by atoms with Crippen molar-refractivity contribution in [3.8, 4) is 0 Å². The number of carbonyl (C=O) groups excluding carboxylic acids is 1. The molecule has 2 N–H and O–H groups in total. The van der Waals surface area contributed by atoms with E-state index in [0.29, 0.717) is 19.6 Å². The molecule has 0 spiro atoms. The van der Waals surface area contributed by atoms with Crippen LogP contribution in [0.25, 0.3) is 0 Å². The molecule has 1 unspecified atom stereocenters. The highest BCUT2D eigenvalue weighted by atomic mass is 35.5. The SMILES string of the molecule is O=C(NCCCCc1ccc(Cl)s1)C1(CO)CCCO1. The van der Waals surface area contributed by atoms with Gasteiger partial charge in [0.05, 0.1) is 10.9 Å². The lowest BCUT2D eigenvalue weighted by Gasteiger charge is -2.24. The molecule has 1 aliphatic rings. The summed E-state index contributed by atoms with van der Waals surface area (Å²) < 4.78 is 6.22. The minimum Gasteiger partial charge on any atom is -0.393 e. The summed E-state index contributed by atoms with van der Waals surface area (Å²) >= 11 is 7.47. The van der Waals surface area contributed by atoms with Gasteiger partial charge in [-0.15, -0.1) is 11.3 Å². The van der Waals surface area contributed by atoms with Crippen LogP contribution in [0.1, 0.15) is 30.6 Å². The van der Waals surface area contributed by atoms with Crippen molar-refractivity contribution in [3.05, 3.63) is 21.3 Å². The predicted octanol–water partition coefficient (Wildman–Crippen LogP) is 2.38. The van der Waals surface area contributed by atoms with Crippen LogP contribution in [0, 0.1) is 0 Å².